The molecule has 0 spiro atoms. The average Bonchev–Trinajstić information content (AvgIpc) is 2.53. The van der Waals surface area contributed by atoms with Crippen LogP contribution in [0.3, 0.4) is 0 Å². The van der Waals surface area contributed by atoms with Crippen LogP contribution in [0.1, 0.15) is 15.9 Å². The van der Waals surface area contributed by atoms with Gasteiger partial charge in [-0.15, -0.1) is 0 Å². The number of esters is 1. The monoisotopic (exact) mass is 280 g/mol. The van der Waals surface area contributed by atoms with E-state index in [0.29, 0.717) is 11.1 Å². The number of cyclic esters (lactones) is 1. The Morgan fingerprint density at radius 1 is 1.31 bits per heavy atom. The molecule has 0 saturated heterocycles. The van der Waals surface area contributed by atoms with Gasteiger partial charge >= 0.3 is 5.97 Å². The van der Waals surface area contributed by atoms with E-state index >= 15 is 0 Å². The number of fused-ring (bicyclic) bond motifs is 1. The lowest BCUT2D eigenvalue weighted by molar-refractivity contribution is -0.183. The van der Waals surface area contributed by atoms with Crippen LogP contribution < -0.4 is 0 Å². The number of carbonyl (C=O) groups is 1. The maximum absolute atomic E-state index is 11.6. The molecule has 16 heavy (non-hydrogen) atoms. The Bertz CT molecular complexity index is 441. The van der Waals surface area contributed by atoms with Gasteiger partial charge in [0.05, 0.1) is 5.56 Å². The van der Waals surface area contributed by atoms with Gasteiger partial charge in [0.25, 0.3) is 9.58 Å². The highest BCUT2D eigenvalue weighted by Crippen LogP contribution is 2.52. The number of hydrogen-bond acceptors (Lipinski definition) is 3. The van der Waals surface area contributed by atoms with Gasteiger partial charge in [0, 0.05) is 12.7 Å². The standard InChI is InChI=1S/C10H7Cl3O3/c1-15-9(10(11,12)13)7-5-3-2-4-6(7)8(14)16-9/h2-5H,1H3/t9-/m0/s1. The van der Waals surface area contributed by atoms with Crippen LogP contribution >= 0.6 is 34.8 Å². The van der Waals surface area contributed by atoms with Crippen molar-refractivity contribution >= 4 is 40.8 Å². The fraction of sp³-hybridized carbons (Fsp3) is 0.300. The van der Waals surface area contributed by atoms with Crippen molar-refractivity contribution in [2.45, 2.75) is 9.58 Å². The third-order valence-corrected chi connectivity index (χ3v) is 3.15. The molecule has 6 heteroatoms. The van der Waals surface area contributed by atoms with Crippen molar-refractivity contribution in [2.75, 3.05) is 7.11 Å². The van der Waals surface area contributed by atoms with Gasteiger partial charge in [-0.3, -0.25) is 0 Å². The van der Waals surface area contributed by atoms with E-state index in [9.17, 15) is 4.79 Å². The maximum Gasteiger partial charge on any atom is 0.341 e. The van der Waals surface area contributed by atoms with E-state index in [2.05, 4.69) is 0 Å². The molecule has 3 nitrogen and oxygen atoms in total. The Kier molecular flexibility index (Phi) is 2.83. The summed E-state index contributed by atoms with van der Waals surface area (Å²) in [4.78, 5) is 11.6. The topological polar surface area (TPSA) is 35.5 Å². The van der Waals surface area contributed by atoms with Gasteiger partial charge in [0.15, 0.2) is 0 Å². The molecule has 1 atom stereocenters. The first-order valence-corrected chi connectivity index (χ1v) is 5.50. The molecule has 1 aliphatic rings. The van der Waals surface area contributed by atoms with Crippen LogP contribution in [0.15, 0.2) is 24.3 Å². The summed E-state index contributed by atoms with van der Waals surface area (Å²) in [5, 5.41) is 0. The summed E-state index contributed by atoms with van der Waals surface area (Å²) in [6.45, 7) is 0. The Morgan fingerprint density at radius 3 is 2.50 bits per heavy atom. The normalized spacial score (nSPS) is 24.1. The molecule has 0 N–H and O–H groups in total. The molecule has 0 fully saturated rings. The van der Waals surface area contributed by atoms with Crippen molar-refractivity contribution in [3.05, 3.63) is 35.4 Å². The summed E-state index contributed by atoms with van der Waals surface area (Å²) in [5.41, 5.74) is 0.762. The lowest BCUT2D eigenvalue weighted by atomic mass is 10.0. The minimum Gasteiger partial charge on any atom is -0.420 e. The van der Waals surface area contributed by atoms with Crippen molar-refractivity contribution in [3.8, 4) is 0 Å². The first-order chi connectivity index (χ1) is 7.42. The minimum atomic E-state index is -1.90. The second kappa shape index (κ2) is 3.77. The molecule has 1 heterocycles. The number of halogens is 3. The van der Waals surface area contributed by atoms with Crippen LogP contribution in [0.25, 0.3) is 0 Å². The molecule has 1 aromatic rings. The van der Waals surface area contributed by atoms with Gasteiger partial charge in [-0.2, -0.15) is 0 Å². The van der Waals surface area contributed by atoms with E-state index < -0.39 is 15.5 Å². The zero-order valence-corrected chi connectivity index (χ0v) is 10.4. The van der Waals surface area contributed by atoms with E-state index in [4.69, 9.17) is 44.3 Å². The van der Waals surface area contributed by atoms with Crippen LogP contribution in [0, 0.1) is 0 Å². The predicted molar refractivity (Wildman–Crippen MR) is 60.8 cm³/mol. The highest BCUT2D eigenvalue weighted by Gasteiger charge is 2.59. The minimum absolute atomic E-state index is 0.343. The second-order valence-electron chi connectivity index (χ2n) is 3.25. The molecule has 1 aromatic carbocycles. The molecule has 1 aliphatic heterocycles. The third-order valence-electron chi connectivity index (χ3n) is 2.40. The predicted octanol–water partition coefficient (Wildman–Crippen LogP) is 3.03. The van der Waals surface area contributed by atoms with E-state index in [1.54, 1.807) is 24.3 Å². The van der Waals surface area contributed by atoms with Crippen LogP contribution in [-0.4, -0.2) is 16.9 Å². The number of ether oxygens (including phenoxy) is 2. The molecule has 2 rings (SSSR count). The highest BCUT2D eigenvalue weighted by atomic mass is 35.6. The summed E-state index contributed by atoms with van der Waals surface area (Å²) in [5.74, 6) is -2.24. The number of alkyl halides is 3. The van der Waals surface area contributed by atoms with E-state index in [-0.39, 0.29) is 0 Å². The number of methoxy groups -OCH3 is 1. The molecule has 0 aliphatic carbocycles. The molecule has 0 amide bonds. The Hall–Kier alpha value is -0.480. The summed E-state index contributed by atoms with van der Waals surface area (Å²) < 4.78 is 8.30. The quantitative estimate of drug-likeness (QED) is 0.586. The van der Waals surface area contributed by atoms with Gasteiger partial charge in [0.2, 0.25) is 0 Å². The molecule has 0 aromatic heterocycles. The summed E-state index contributed by atoms with van der Waals surface area (Å²) >= 11 is 17.5. The first kappa shape index (κ1) is 12.0. The van der Waals surface area contributed by atoms with Crippen molar-refractivity contribution in [3.63, 3.8) is 0 Å². The Morgan fingerprint density at radius 2 is 1.94 bits per heavy atom. The fourth-order valence-corrected chi connectivity index (χ4v) is 2.32. The molecule has 0 unspecified atom stereocenters. The SMILES string of the molecule is CO[C@]1(C(Cl)(Cl)Cl)OC(=O)c2ccccc21. The summed E-state index contributed by atoms with van der Waals surface area (Å²) in [6.07, 6.45) is 0. The average molecular weight is 282 g/mol. The number of rotatable bonds is 1. The van der Waals surface area contributed by atoms with Gasteiger partial charge in [-0.25, -0.2) is 4.79 Å². The first-order valence-electron chi connectivity index (χ1n) is 4.37. The molecule has 0 radical (unpaired) electrons. The van der Waals surface area contributed by atoms with Gasteiger partial charge < -0.3 is 9.47 Å². The fourth-order valence-electron chi connectivity index (χ4n) is 1.67. The zero-order valence-electron chi connectivity index (χ0n) is 8.17. The van der Waals surface area contributed by atoms with Crippen LogP contribution in [0.4, 0.5) is 0 Å². The van der Waals surface area contributed by atoms with Crippen molar-refractivity contribution < 1.29 is 14.3 Å². The Balaban J connectivity index is 2.66. The van der Waals surface area contributed by atoms with Crippen LogP contribution in [0.5, 0.6) is 0 Å². The van der Waals surface area contributed by atoms with Crippen molar-refractivity contribution in [2.24, 2.45) is 0 Å². The van der Waals surface area contributed by atoms with Gasteiger partial charge in [-0.05, 0) is 6.07 Å². The smallest absolute Gasteiger partial charge is 0.341 e. The van der Waals surface area contributed by atoms with Crippen molar-refractivity contribution in [1.29, 1.82) is 0 Å². The molecule has 86 valence electrons. The zero-order chi connectivity index (χ0) is 12.0. The lowest BCUT2D eigenvalue weighted by Gasteiger charge is -2.33. The number of benzene rings is 1. The van der Waals surface area contributed by atoms with Crippen LogP contribution in [0.2, 0.25) is 0 Å². The van der Waals surface area contributed by atoms with E-state index in [1.807, 2.05) is 0 Å². The highest BCUT2D eigenvalue weighted by molar-refractivity contribution is 6.68. The second-order valence-corrected chi connectivity index (χ2v) is 5.53. The lowest BCUT2D eigenvalue weighted by Crippen LogP contribution is -2.42. The van der Waals surface area contributed by atoms with Gasteiger partial charge in [-0.1, -0.05) is 53.0 Å². The summed E-state index contributed by atoms with van der Waals surface area (Å²) in [7, 11) is 1.32. The van der Waals surface area contributed by atoms with Gasteiger partial charge in [0.1, 0.15) is 0 Å². The van der Waals surface area contributed by atoms with E-state index in [1.165, 1.54) is 7.11 Å². The summed E-state index contributed by atoms with van der Waals surface area (Å²) in [6, 6.07) is 6.63. The van der Waals surface area contributed by atoms with Crippen molar-refractivity contribution in [1.82, 2.24) is 0 Å². The van der Waals surface area contributed by atoms with E-state index in [0.717, 1.165) is 0 Å². The Labute approximate surface area is 107 Å². The largest absolute Gasteiger partial charge is 0.420 e. The van der Waals surface area contributed by atoms with Crippen LogP contribution in [-0.2, 0) is 15.3 Å². The molecule has 0 bridgehead atoms. The third kappa shape index (κ3) is 1.51. The maximum atomic E-state index is 11.6. The molecular formula is C10H7Cl3O3. The molecule has 0 saturated carbocycles. The number of carbonyl (C=O) groups excluding carboxylic acids is 1. The molecular weight excluding hydrogens is 274 g/mol. The number of hydrogen-bond donors (Lipinski definition) is 0.